The molecule has 2 N–H and O–H groups in total. The Hall–Kier alpha value is -2.60. The molecule has 156 valence electrons. The van der Waals surface area contributed by atoms with E-state index in [0.29, 0.717) is 30.0 Å². The van der Waals surface area contributed by atoms with Gasteiger partial charge in [0.1, 0.15) is 18.4 Å². The van der Waals surface area contributed by atoms with Crippen LogP contribution in [-0.2, 0) is 17.8 Å². The third-order valence-corrected chi connectivity index (χ3v) is 5.72. The van der Waals surface area contributed by atoms with Gasteiger partial charge in [0.2, 0.25) is 5.91 Å². The third kappa shape index (κ3) is 4.53. The van der Waals surface area contributed by atoms with Gasteiger partial charge in [-0.1, -0.05) is 25.1 Å². The average molecular weight is 402 g/mol. The third-order valence-electron chi connectivity index (χ3n) is 5.72. The molecular weight excluding hydrogens is 371 g/mol. The number of hydrogen-bond donors (Lipinski definition) is 2. The molecule has 0 aromatic heterocycles. The number of amides is 1. The van der Waals surface area contributed by atoms with Crippen LogP contribution in [-0.4, -0.2) is 32.7 Å². The number of fused-ring (bicyclic) bond motifs is 1. The zero-order valence-corrected chi connectivity index (χ0v) is 17.5. The first-order valence-corrected chi connectivity index (χ1v) is 10.1. The smallest absolute Gasteiger partial charge is 0.220 e. The number of carbonyl (C=O) groups excluding carboxylic acids is 1. The second kappa shape index (κ2) is 9.27. The Balaban J connectivity index is 2.01. The van der Waals surface area contributed by atoms with Crippen molar-refractivity contribution in [1.82, 2.24) is 5.32 Å². The molecule has 5 nitrogen and oxygen atoms in total. The molecule has 1 amide bonds. The summed E-state index contributed by atoms with van der Waals surface area (Å²) in [5.74, 6) is 1.18. The van der Waals surface area contributed by atoms with Crippen LogP contribution in [0.15, 0.2) is 36.4 Å². The maximum Gasteiger partial charge on any atom is 0.220 e. The molecule has 1 unspecified atom stereocenters. The van der Waals surface area contributed by atoms with Crippen molar-refractivity contribution in [3.63, 3.8) is 0 Å². The molecule has 0 aliphatic carbocycles. The highest BCUT2D eigenvalue weighted by Gasteiger charge is 2.37. The van der Waals surface area contributed by atoms with Crippen LogP contribution in [0.2, 0.25) is 0 Å². The van der Waals surface area contributed by atoms with Crippen molar-refractivity contribution in [1.29, 1.82) is 0 Å². The predicted molar refractivity (Wildman–Crippen MR) is 110 cm³/mol. The van der Waals surface area contributed by atoms with E-state index in [9.17, 15) is 9.18 Å². The standard InChI is InChI=1S/C23H29FN2O3/c1-5-22(27)25-15(2)23-18-13-21(29-4)20(28-3)12-16(18)10-11-26(23)14-17-8-6-7-9-19(17)24/h6-9,12-13,15,23H,5,10-11,14H2,1-4H3,(H,25,27)/p+1/t15-,23-/m0/s1. The van der Waals surface area contributed by atoms with Gasteiger partial charge in [0, 0.05) is 24.0 Å². The fraction of sp³-hybridized carbons (Fsp3) is 0.435. The van der Waals surface area contributed by atoms with Crippen molar-refractivity contribution in [3.05, 3.63) is 58.9 Å². The summed E-state index contributed by atoms with van der Waals surface area (Å²) < 4.78 is 25.3. The summed E-state index contributed by atoms with van der Waals surface area (Å²) in [4.78, 5) is 13.3. The number of ether oxygens (including phenoxy) is 2. The van der Waals surface area contributed by atoms with Crippen LogP contribution >= 0.6 is 0 Å². The van der Waals surface area contributed by atoms with Gasteiger partial charge in [-0.15, -0.1) is 0 Å². The molecule has 29 heavy (non-hydrogen) atoms. The highest BCUT2D eigenvalue weighted by Crippen LogP contribution is 2.35. The van der Waals surface area contributed by atoms with Gasteiger partial charge in [-0.3, -0.25) is 4.79 Å². The topological polar surface area (TPSA) is 52.0 Å². The van der Waals surface area contributed by atoms with Crippen LogP contribution < -0.4 is 19.7 Å². The van der Waals surface area contributed by atoms with Crippen molar-refractivity contribution in [2.24, 2.45) is 0 Å². The molecule has 0 saturated heterocycles. The van der Waals surface area contributed by atoms with E-state index >= 15 is 0 Å². The Bertz CT molecular complexity index is 871. The Labute approximate surface area is 171 Å². The van der Waals surface area contributed by atoms with Gasteiger partial charge in [0.15, 0.2) is 11.5 Å². The molecule has 2 aromatic rings. The molecular formula is C23H30FN2O3+. The molecule has 0 bridgehead atoms. The minimum Gasteiger partial charge on any atom is -0.493 e. The van der Waals surface area contributed by atoms with Gasteiger partial charge < -0.3 is 19.7 Å². The van der Waals surface area contributed by atoms with Gasteiger partial charge in [-0.25, -0.2) is 4.39 Å². The molecule has 0 fully saturated rings. The number of benzene rings is 2. The summed E-state index contributed by atoms with van der Waals surface area (Å²) in [5.41, 5.74) is 2.98. The normalized spacial score (nSPS) is 19.2. The van der Waals surface area contributed by atoms with E-state index < -0.39 is 0 Å². The van der Waals surface area contributed by atoms with Crippen molar-refractivity contribution in [2.45, 2.75) is 45.3 Å². The maximum atomic E-state index is 14.3. The van der Waals surface area contributed by atoms with Crippen LogP contribution in [0.3, 0.4) is 0 Å². The molecule has 1 aliphatic heterocycles. The molecule has 6 heteroatoms. The minimum absolute atomic E-state index is 0.00958. The number of methoxy groups -OCH3 is 2. The van der Waals surface area contributed by atoms with Crippen molar-refractivity contribution in [3.8, 4) is 11.5 Å². The molecule has 1 heterocycles. The van der Waals surface area contributed by atoms with E-state index in [2.05, 4.69) is 5.32 Å². The van der Waals surface area contributed by atoms with Gasteiger partial charge in [0.05, 0.1) is 26.8 Å². The SMILES string of the molecule is CCC(=O)N[C@@H](C)[C@H]1c2cc(OC)c(OC)cc2CC[NH+]1Cc1ccccc1F. The van der Waals surface area contributed by atoms with Gasteiger partial charge in [-0.05, 0) is 30.7 Å². The first-order valence-electron chi connectivity index (χ1n) is 10.1. The van der Waals surface area contributed by atoms with E-state index in [1.807, 2.05) is 38.1 Å². The number of hydrogen-bond acceptors (Lipinski definition) is 3. The van der Waals surface area contributed by atoms with Crippen LogP contribution in [0, 0.1) is 5.82 Å². The molecule has 0 saturated carbocycles. The monoisotopic (exact) mass is 401 g/mol. The highest BCUT2D eigenvalue weighted by molar-refractivity contribution is 5.75. The van der Waals surface area contributed by atoms with E-state index in [1.165, 1.54) is 16.5 Å². The quantitative estimate of drug-likeness (QED) is 0.749. The number of nitrogens with one attached hydrogen (secondary N) is 2. The summed E-state index contributed by atoms with van der Waals surface area (Å²) in [6.45, 7) is 5.26. The van der Waals surface area contributed by atoms with Crippen LogP contribution in [0.4, 0.5) is 4.39 Å². The maximum absolute atomic E-state index is 14.3. The Morgan fingerprint density at radius 2 is 1.93 bits per heavy atom. The van der Waals surface area contributed by atoms with E-state index in [1.54, 1.807) is 20.3 Å². The average Bonchev–Trinajstić information content (AvgIpc) is 2.73. The Morgan fingerprint density at radius 1 is 1.24 bits per heavy atom. The summed E-state index contributed by atoms with van der Waals surface area (Å²) in [7, 11) is 3.25. The molecule has 2 aromatic carbocycles. The van der Waals surface area contributed by atoms with Gasteiger partial charge >= 0.3 is 0 Å². The molecule has 3 atom stereocenters. The summed E-state index contributed by atoms with van der Waals surface area (Å²) in [5, 5.41) is 3.11. The largest absolute Gasteiger partial charge is 0.493 e. The van der Waals surface area contributed by atoms with Crippen LogP contribution in [0.1, 0.15) is 43.0 Å². The lowest BCUT2D eigenvalue weighted by Crippen LogP contribution is -3.13. The second-order valence-corrected chi connectivity index (χ2v) is 7.52. The lowest BCUT2D eigenvalue weighted by molar-refractivity contribution is -0.948. The summed E-state index contributed by atoms with van der Waals surface area (Å²) >= 11 is 0. The number of rotatable bonds is 7. The van der Waals surface area contributed by atoms with Crippen LogP contribution in [0.5, 0.6) is 11.5 Å². The first-order chi connectivity index (χ1) is 14.0. The minimum atomic E-state index is -0.192. The first kappa shape index (κ1) is 21.1. The van der Waals surface area contributed by atoms with E-state index in [0.717, 1.165) is 18.5 Å². The van der Waals surface area contributed by atoms with Gasteiger partial charge in [-0.2, -0.15) is 0 Å². The number of carbonyl (C=O) groups is 1. The molecule has 1 aliphatic rings. The highest BCUT2D eigenvalue weighted by atomic mass is 19.1. The lowest BCUT2D eigenvalue weighted by Gasteiger charge is -2.38. The van der Waals surface area contributed by atoms with Crippen LogP contribution in [0.25, 0.3) is 0 Å². The number of quaternary nitrogens is 1. The van der Waals surface area contributed by atoms with Crippen molar-refractivity contribution >= 4 is 5.91 Å². The van der Waals surface area contributed by atoms with Gasteiger partial charge in [0.25, 0.3) is 0 Å². The zero-order chi connectivity index (χ0) is 21.0. The van der Waals surface area contributed by atoms with Crippen molar-refractivity contribution in [2.75, 3.05) is 20.8 Å². The summed E-state index contributed by atoms with van der Waals surface area (Å²) in [6.07, 6.45) is 1.28. The second-order valence-electron chi connectivity index (χ2n) is 7.52. The van der Waals surface area contributed by atoms with E-state index in [4.69, 9.17) is 9.47 Å². The fourth-order valence-corrected chi connectivity index (χ4v) is 4.26. The Morgan fingerprint density at radius 3 is 2.59 bits per heavy atom. The Kier molecular flexibility index (Phi) is 6.75. The molecule has 0 spiro atoms. The lowest BCUT2D eigenvalue weighted by atomic mass is 9.87. The zero-order valence-electron chi connectivity index (χ0n) is 17.5. The summed E-state index contributed by atoms with van der Waals surface area (Å²) in [6, 6.07) is 10.8. The molecule has 0 radical (unpaired) electrons. The number of halogens is 1. The molecule has 3 rings (SSSR count). The van der Waals surface area contributed by atoms with Crippen molar-refractivity contribution < 1.29 is 23.6 Å². The van der Waals surface area contributed by atoms with E-state index in [-0.39, 0.29) is 23.8 Å². The predicted octanol–water partition coefficient (Wildman–Crippen LogP) is 2.44. The fourth-order valence-electron chi connectivity index (χ4n) is 4.26.